The van der Waals surface area contributed by atoms with Crippen LogP contribution < -0.4 is 5.32 Å². The second kappa shape index (κ2) is 4.48. The summed E-state index contributed by atoms with van der Waals surface area (Å²) in [6.45, 7) is -0.0702. The number of rotatable bonds is 3. The van der Waals surface area contributed by atoms with Crippen LogP contribution in [0.5, 0.6) is 11.5 Å². The number of hydrogen-bond acceptors (Lipinski definition) is 4. The molecule has 1 rings (SSSR count). The molecule has 1 aromatic rings. The lowest BCUT2D eigenvalue weighted by Crippen LogP contribution is -2.26. The molecule has 0 aromatic heterocycles. The molecular formula is C9H11NO4. The predicted molar refractivity (Wildman–Crippen MR) is 49.2 cm³/mol. The standard InChI is InChI=1S/C9H11NO4/c11-4-3-10-9(14)7-5-6(12)1-2-8(7)13/h1-2,5,11-13H,3-4H2,(H,10,14). The van der Waals surface area contributed by atoms with Gasteiger partial charge in [0.15, 0.2) is 0 Å². The molecule has 0 heterocycles. The van der Waals surface area contributed by atoms with Crippen molar-refractivity contribution in [1.82, 2.24) is 5.32 Å². The van der Waals surface area contributed by atoms with Crippen LogP contribution in [-0.4, -0.2) is 34.4 Å². The fraction of sp³-hybridized carbons (Fsp3) is 0.222. The summed E-state index contributed by atoms with van der Waals surface area (Å²) in [5.41, 5.74) is -0.0153. The summed E-state index contributed by atoms with van der Waals surface area (Å²) in [4.78, 5) is 11.3. The molecule has 0 fully saturated rings. The van der Waals surface area contributed by atoms with Gasteiger partial charge < -0.3 is 20.6 Å². The van der Waals surface area contributed by atoms with Gasteiger partial charge in [0.25, 0.3) is 5.91 Å². The second-order valence-corrected chi connectivity index (χ2v) is 2.68. The van der Waals surface area contributed by atoms with Gasteiger partial charge in [0.1, 0.15) is 11.5 Å². The molecule has 0 bridgehead atoms. The molecule has 0 aliphatic rings. The first-order valence-electron chi connectivity index (χ1n) is 4.06. The third kappa shape index (κ3) is 2.37. The third-order valence-corrected chi connectivity index (χ3v) is 1.62. The van der Waals surface area contributed by atoms with Gasteiger partial charge in [0.2, 0.25) is 0 Å². The largest absolute Gasteiger partial charge is 0.508 e. The number of phenols is 2. The summed E-state index contributed by atoms with van der Waals surface area (Å²) < 4.78 is 0. The fourth-order valence-corrected chi connectivity index (χ4v) is 0.971. The van der Waals surface area contributed by atoms with E-state index in [-0.39, 0.29) is 30.2 Å². The van der Waals surface area contributed by atoms with Crippen molar-refractivity contribution < 1.29 is 20.1 Å². The Balaban J connectivity index is 2.83. The highest BCUT2D eigenvalue weighted by Crippen LogP contribution is 2.21. The number of nitrogens with one attached hydrogen (secondary N) is 1. The summed E-state index contributed by atoms with van der Waals surface area (Å²) in [5, 5.41) is 29.2. The molecule has 0 atom stereocenters. The van der Waals surface area contributed by atoms with Crippen LogP contribution in [0, 0.1) is 0 Å². The molecule has 0 unspecified atom stereocenters. The van der Waals surface area contributed by atoms with Crippen LogP contribution in [0.3, 0.4) is 0 Å². The average Bonchev–Trinajstić information content (AvgIpc) is 2.18. The minimum absolute atomic E-state index is 0.0153. The van der Waals surface area contributed by atoms with E-state index < -0.39 is 5.91 Å². The number of aromatic hydroxyl groups is 2. The van der Waals surface area contributed by atoms with Crippen molar-refractivity contribution in [1.29, 1.82) is 0 Å². The third-order valence-electron chi connectivity index (χ3n) is 1.62. The Kier molecular flexibility index (Phi) is 3.30. The Hall–Kier alpha value is -1.75. The molecule has 0 saturated heterocycles. The van der Waals surface area contributed by atoms with E-state index in [4.69, 9.17) is 10.2 Å². The van der Waals surface area contributed by atoms with Gasteiger partial charge in [-0.15, -0.1) is 0 Å². The summed E-state index contributed by atoms with van der Waals surface area (Å²) in [6, 6.07) is 3.66. The van der Waals surface area contributed by atoms with Crippen molar-refractivity contribution in [2.24, 2.45) is 0 Å². The van der Waals surface area contributed by atoms with E-state index in [1.807, 2.05) is 0 Å². The minimum atomic E-state index is -0.535. The van der Waals surface area contributed by atoms with Gasteiger partial charge in [-0.2, -0.15) is 0 Å². The first kappa shape index (κ1) is 10.3. The Morgan fingerprint density at radius 1 is 1.36 bits per heavy atom. The molecule has 0 spiro atoms. The van der Waals surface area contributed by atoms with Gasteiger partial charge in [0, 0.05) is 6.54 Å². The maximum absolute atomic E-state index is 11.3. The highest BCUT2D eigenvalue weighted by Gasteiger charge is 2.10. The Labute approximate surface area is 80.6 Å². The Morgan fingerprint density at radius 2 is 2.07 bits per heavy atom. The SMILES string of the molecule is O=C(NCCO)c1cc(O)ccc1O. The lowest BCUT2D eigenvalue weighted by Gasteiger charge is -2.05. The predicted octanol–water partition coefficient (Wildman–Crippen LogP) is -0.180. The van der Waals surface area contributed by atoms with Crippen molar-refractivity contribution in [3.63, 3.8) is 0 Å². The maximum atomic E-state index is 11.3. The maximum Gasteiger partial charge on any atom is 0.255 e. The van der Waals surface area contributed by atoms with Crippen molar-refractivity contribution in [3.05, 3.63) is 23.8 Å². The zero-order chi connectivity index (χ0) is 10.6. The van der Waals surface area contributed by atoms with E-state index in [1.54, 1.807) is 0 Å². The van der Waals surface area contributed by atoms with Crippen LogP contribution in [-0.2, 0) is 0 Å². The smallest absolute Gasteiger partial charge is 0.255 e. The number of phenolic OH excluding ortho intramolecular Hbond substituents is 2. The molecule has 0 aliphatic heterocycles. The van der Waals surface area contributed by atoms with Gasteiger partial charge in [-0.1, -0.05) is 0 Å². The van der Waals surface area contributed by atoms with Crippen molar-refractivity contribution in [3.8, 4) is 11.5 Å². The minimum Gasteiger partial charge on any atom is -0.508 e. The van der Waals surface area contributed by atoms with Crippen molar-refractivity contribution in [2.45, 2.75) is 0 Å². The van der Waals surface area contributed by atoms with Crippen LogP contribution in [0.15, 0.2) is 18.2 Å². The molecule has 5 heteroatoms. The highest BCUT2D eigenvalue weighted by molar-refractivity contribution is 5.97. The van der Waals surface area contributed by atoms with Crippen LogP contribution >= 0.6 is 0 Å². The Morgan fingerprint density at radius 3 is 2.71 bits per heavy atom. The number of carbonyl (C=O) groups is 1. The molecule has 5 nitrogen and oxygen atoms in total. The highest BCUT2D eigenvalue weighted by atomic mass is 16.3. The zero-order valence-electron chi connectivity index (χ0n) is 7.40. The van der Waals surface area contributed by atoms with Crippen LogP contribution in [0.25, 0.3) is 0 Å². The summed E-state index contributed by atoms with van der Waals surface area (Å²) in [6.07, 6.45) is 0. The number of hydrogen-bond donors (Lipinski definition) is 4. The van der Waals surface area contributed by atoms with E-state index in [1.165, 1.54) is 12.1 Å². The molecule has 0 radical (unpaired) electrons. The number of amides is 1. The number of benzene rings is 1. The Bertz CT molecular complexity index is 338. The van der Waals surface area contributed by atoms with Crippen molar-refractivity contribution in [2.75, 3.05) is 13.2 Å². The normalized spacial score (nSPS) is 9.79. The molecule has 14 heavy (non-hydrogen) atoms. The fourth-order valence-electron chi connectivity index (χ4n) is 0.971. The summed E-state index contributed by atoms with van der Waals surface area (Å²) in [5.74, 6) is -0.845. The first-order chi connectivity index (χ1) is 6.65. The van der Waals surface area contributed by atoms with E-state index in [0.29, 0.717) is 0 Å². The lowest BCUT2D eigenvalue weighted by molar-refractivity contribution is 0.0941. The monoisotopic (exact) mass is 197 g/mol. The summed E-state index contributed by atoms with van der Waals surface area (Å²) in [7, 11) is 0. The van der Waals surface area contributed by atoms with Crippen LogP contribution in [0.4, 0.5) is 0 Å². The van der Waals surface area contributed by atoms with Gasteiger partial charge in [-0.3, -0.25) is 4.79 Å². The molecule has 76 valence electrons. The van der Waals surface area contributed by atoms with E-state index >= 15 is 0 Å². The lowest BCUT2D eigenvalue weighted by atomic mass is 10.2. The van der Waals surface area contributed by atoms with Gasteiger partial charge in [-0.05, 0) is 18.2 Å². The quantitative estimate of drug-likeness (QED) is 0.506. The zero-order valence-corrected chi connectivity index (χ0v) is 7.40. The van der Waals surface area contributed by atoms with E-state index in [9.17, 15) is 9.90 Å². The molecular weight excluding hydrogens is 186 g/mol. The second-order valence-electron chi connectivity index (χ2n) is 2.68. The molecule has 0 saturated carbocycles. The average molecular weight is 197 g/mol. The first-order valence-corrected chi connectivity index (χ1v) is 4.06. The molecule has 1 amide bonds. The topological polar surface area (TPSA) is 89.8 Å². The molecule has 0 aliphatic carbocycles. The van der Waals surface area contributed by atoms with Crippen molar-refractivity contribution >= 4 is 5.91 Å². The van der Waals surface area contributed by atoms with Gasteiger partial charge in [-0.25, -0.2) is 0 Å². The molecule has 1 aromatic carbocycles. The van der Waals surface area contributed by atoms with Gasteiger partial charge in [0.05, 0.1) is 12.2 Å². The molecule has 4 N–H and O–H groups in total. The number of carbonyl (C=O) groups excluding carboxylic acids is 1. The summed E-state index contributed by atoms with van der Waals surface area (Å²) >= 11 is 0. The number of aliphatic hydroxyl groups excluding tert-OH is 1. The number of aliphatic hydroxyl groups is 1. The van der Waals surface area contributed by atoms with E-state index in [0.717, 1.165) is 6.07 Å². The van der Waals surface area contributed by atoms with Crippen LogP contribution in [0.1, 0.15) is 10.4 Å². The van der Waals surface area contributed by atoms with E-state index in [2.05, 4.69) is 5.32 Å². The van der Waals surface area contributed by atoms with Gasteiger partial charge >= 0.3 is 0 Å². The van der Waals surface area contributed by atoms with Crippen LogP contribution in [0.2, 0.25) is 0 Å².